The van der Waals surface area contributed by atoms with E-state index < -0.39 is 0 Å². The highest BCUT2D eigenvalue weighted by Crippen LogP contribution is 2.24. The van der Waals surface area contributed by atoms with Gasteiger partial charge in [0.25, 0.3) is 0 Å². The number of thioether (sulfide) groups is 1. The first-order valence-corrected chi connectivity index (χ1v) is 12.2. The molecule has 1 aliphatic rings. The molecule has 2 heterocycles. The smallest absolute Gasteiger partial charge is 0.189 e. The molecule has 30 heavy (non-hydrogen) atoms. The van der Waals surface area contributed by atoms with Gasteiger partial charge >= 0.3 is 0 Å². The Labute approximate surface area is 184 Å². The van der Waals surface area contributed by atoms with Crippen molar-refractivity contribution in [3.63, 3.8) is 0 Å². The number of nitrogens with zero attached hydrogens (tertiary/aromatic N) is 4. The first-order valence-electron chi connectivity index (χ1n) is 11.0. The lowest BCUT2D eigenvalue weighted by molar-refractivity contribution is 0.485. The van der Waals surface area contributed by atoms with E-state index in [2.05, 4.69) is 33.9 Å². The van der Waals surface area contributed by atoms with Crippen molar-refractivity contribution in [2.45, 2.75) is 57.3 Å². The minimum absolute atomic E-state index is 0.191. The molecule has 7 heteroatoms. The van der Waals surface area contributed by atoms with Crippen molar-refractivity contribution < 1.29 is 4.39 Å². The van der Waals surface area contributed by atoms with Gasteiger partial charge in [0, 0.05) is 56.2 Å². The van der Waals surface area contributed by atoms with Gasteiger partial charge in [-0.2, -0.15) is 0 Å². The van der Waals surface area contributed by atoms with E-state index >= 15 is 0 Å². The van der Waals surface area contributed by atoms with E-state index in [1.165, 1.54) is 37.8 Å². The number of piperazine rings is 1. The lowest BCUT2D eigenvalue weighted by Gasteiger charge is -2.37. The van der Waals surface area contributed by atoms with E-state index in [4.69, 9.17) is 4.98 Å². The summed E-state index contributed by atoms with van der Waals surface area (Å²) in [6.45, 7) is 8.85. The molecule has 1 aromatic heterocycles. The maximum atomic E-state index is 13.2. The van der Waals surface area contributed by atoms with Crippen molar-refractivity contribution in [1.82, 2.24) is 15.3 Å². The predicted molar refractivity (Wildman–Crippen MR) is 125 cm³/mol. The van der Waals surface area contributed by atoms with Crippen molar-refractivity contribution in [2.24, 2.45) is 0 Å². The summed E-state index contributed by atoms with van der Waals surface area (Å²) in [5, 5.41) is 4.47. The minimum atomic E-state index is -0.191. The lowest BCUT2D eigenvalue weighted by atomic mass is 10.1. The fourth-order valence-corrected chi connectivity index (χ4v) is 4.13. The van der Waals surface area contributed by atoms with Crippen LogP contribution in [0.25, 0.3) is 0 Å². The van der Waals surface area contributed by atoms with Crippen LogP contribution in [0.2, 0.25) is 0 Å². The molecule has 1 aromatic carbocycles. The van der Waals surface area contributed by atoms with Gasteiger partial charge < -0.3 is 15.1 Å². The first kappa shape index (κ1) is 22.8. The molecule has 1 saturated heterocycles. The van der Waals surface area contributed by atoms with Crippen LogP contribution >= 0.6 is 11.8 Å². The third-order valence-electron chi connectivity index (χ3n) is 5.65. The Morgan fingerprint density at radius 1 is 1.10 bits per heavy atom. The topological polar surface area (TPSA) is 44.3 Å². The molecule has 1 N–H and O–H groups in total. The quantitative estimate of drug-likeness (QED) is 0.334. The number of aromatic nitrogens is 2. The van der Waals surface area contributed by atoms with Crippen LogP contribution in [0.15, 0.2) is 35.6 Å². The third kappa shape index (κ3) is 6.32. The van der Waals surface area contributed by atoms with E-state index in [-0.39, 0.29) is 5.82 Å². The molecule has 3 rings (SSSR count). The van der Waals surface area contributed by atoms with Gasteiger partial charge in [0.1, 0.15) is 11.6 Å². The Kier molecular flexibility index (Phi) is 8.75. The summed E-state index contributed by atoms with van der Waals surface area (Å²) in [6.07, 6.45) is 9.01. The molecule has 0 amide bonds. The van der Waals surface area contributed by atoms with Crippen LogP contribution in [0.3, 0.4) is 0 Å². The molecule has 2 aromatic rings. The Bertz CT molecular complexity index is 778. The Hall–Kier alpha value is -1.86. The standard InChI is InChI=1S/C23H34FN5S/c1-4-5-6-7-18(2)25-16-19-17-26-23(30-3)27-22(19)29-14-12-28(13-15-29)21-10-8-20(24)9-11-21/h8-11,17-18,25H,4-7,12-16H2,1-3H3. The average Bonchev–Trinajstić information content (AvgIpc) is 2.78. The second-order valence-electron chi connectivity index (χ2n) is 7.93. The van der Waals surface area contributed by atoms with Crippen LogP contribution in [0.5, 0.6) is 0 Å². The lowest BCUT2D eigenvalue weighted by Crippen LogP contribution is -2.47. The molecule has 1 atom stereocenters. The fraction of sp³-hybridized carbons (Fsp3) is 0.565. The fourth-order valence-electron chi connectivity index (χ4n) is 3.79. The van der Waals surface area contributed by atoms with E-state index in [0.717, 1.165) is 54.9 Å². The molecule has 0 bridgehead atoms. The SMILES string of the molecule is CCCCCC(C)NCc1cnc(SC)nc1N1CCN(c2ccc(F)cc2)CC1. The van der Waals surface area contributed by atoms with Crippen LogP contribution in [0.1, 0.15) is 45.1 Å². The molecule has 0 saturated carbocycles. The van der Waals surface area contributed by atoms with Crippen molar-refractivity contribution in [3.05, 3.63) is 41.8 Å². The zero-order valence-corrected chi connectivity index (χ0v) is 19.2. The van der Waals surface area contributed by atoms with E-state index in [1.807, 2.05) is 24.6 Å². The highest BCUT2D eigenvalue weighted by molar-refractivity contribution is 7.98. The Morgan fingerprint density at radius 2 is 1.80 bits per heavy atom. The molecule has 1 aliphatic heterocycles. The number of hydrogen-bond acceptors (Lipinski definition) is 6. The summed E-state index contributed by atoms with van der Waals surface area (Å²) in [7, 11) is 0. The van der Waals surface area contributed by atoms with Crippen LogP contribution in [-0.4, -0.2) is 48.4 Å². The molecular weight excluding hydrogens is 397 g/mol. The van der Waals surface area contributed by atoms with Gasteiger partial charge in [-0.25, -0.2) is 14.4 Å². The van der Waals surface area contributed by atoms with Gasteiger partial charge in [0.05, 0.1) is 0 Å². The number of hydrogen-bond donors (Lipinski definition) is 1. The summed E-state index contributed by atoms with van der Waals surface area (Å²) in [5.74, 6) is 0.852. The second-order valence-corrected chi connectivity index (χ2v) is 8.71. The average molecular weight is 432 g/mol. The number of nitrogens with one attached hydrogen (secondary N) is 1. The monoisotopic (exact) mass is 431 g/mol. The summed E-state index contributed by atoms with van der Waals surface area (Å²) >= 11 is 1.58. The number of rotatable bonds is 10. The second kappa shape index (κ2) is 11.5. The molecule has 5 nitrogen and oxygen atoms in total. The summed E-state index contributed by atoms with van der Waals surface area (Å²) < 4.78 is 13.2. The highest BCUT2D eigenvalue weighted by atomic mass is 32.2. The van der Waals surface area contributed by atoms with Gasteiger partial charge in [-0.3, -0.25) is 0 Å². The number of anilines is 2. The molecule has 0 aliphatic carbocycles. The van der Waals surface area contributed by atoms with Crippen LogP contribution in [0.4, 0.5) is 15.9 Å². The van der Waals surface area contributed by atoms with Gasteiger partial charge in [-0.15, -0.1) is 0 Å². The van der Waals surface area contributed by atoms with Gasteiger partial charge in [0.2, 0.25) is 0 Å². The molecule has 0 radical (unpaired) electrons. The zero-order chi connectivity index (χ0) is 21.3. The minimum Gasteiger partial charge on any atom is -0.368 e. The number of benzene rings is 1. The molecule has 1 unspecified atom stereocenters. The molecule has 0 spiro atoms. The van der Waals surface area contributed by atoms with Crippen LogP contribution in [-0.2, 0) is 6.54 Å². The zero-order valence-electron chi connectivity index (χ0n) is 18.4. The highest BCUT2D eigenvalue weighted by Gasteiger charge is 2.21. The van der Waals surface area contributed by atoms with E-state index in [0.29, 0.717) is 6.04 Å². The van der Waals surface area contributed by atoms with Crippen molar-refractivity contribution in [1.29, 1.82) is 0 Å². The summed E-state index contributed by atoms with van der Waals surface area (Å²) in [4.78, 5) is 14.0. The van der Waals surface area contributed by atoms with E-state index in [1.54, 1.807) is 11.8 Å². The van der Waals surface area contributed by atoms with Crippen LogP contribution < -0.4 is 15.1 Å². The van der Waals surface area contributed by atoms with Crippen LogP contribution in [0, 0.1) is 5.82 Å². The summed E-state index contributed by atoms with van der Waals surface area (Å²) in [5.41, 5.74) is 2.23. The molecule has 164 valence electrons. The van der Waals surface area contributed by atoms with Crippen molar-refractivity contribution in [2.75, 3.05) is 42.2 Å². The first-order chi connectivity index (χ1) is 14.6. The summed E-state index contributed by atoms with van der Waals surface area (Å²) in [6, 6.07) is 7.26. The number of halogens is 1. The van der Waals surface area contributed by atoms with Crippen molar-refractivity contribution in [3.8, 4) is 0 Å². The molecular formula is C23H34FN5S. The van der Waals surface area contributed by atoms with Crippen molar-refractivity contribution >= 4 is 23.3 Å². The van der Waals surface area contributed by atoms with Gasteiger partial charge in [0.15, 0.2) is 5.16 Å². The third-order valence-corrected chi connectivity index (χ3v) is 6.22. The maximum Gasteiger partial charge on any atom is 0.189 e. The normalized spacial score (nSPS) is 15.5. The van der Waals surface area contributed by atoms with Gasteiger partial charge in [-0.1, -0.05) is 37.9 Å². The van der Waals surface area contributed by atoms with Gasteiger partial charge in [-0.05, 0) is 43.9 Å². The number of unbranched alkanes of at least 4 members (excludes halogenated alkanes) is 2. The Morgan fingerprint density at radius 3 is 2.47 bits per heavy atom. The van der Waals surface area contributed by atoms with E-state index in [9.17, 15) is 4.39 Å². The molecule has 1 fully saturated rings. The predicted octanol–water partition coefficient (Wildman–Crippen LogP) is 4.72. The Balaban J connectivity index is 1.63. The largest absolute Gasteiger partial charge is 0.368 e. The maximum absolute atomic E-state index is 13.2.